The Morgan fingerprint density at radius 1 is 1.16 bits per heavy atom. The molecular formula is C22H24N2O7S. The van der Waals surface area contributed by atoms with Crippen LogP contribution in [-0.2, 0) is 20.8 Å². The maximum Gasteiger partial charge on any atom is 0.410 e. The maximum atomic E-state index is 12.8. The number of amides is 1. The van der Waals surface area contributed by atoms with Gasteiger partial charge in [-0.05, 0) is 24.1 Å². The second kappa shape index (κ2) is 11.6. The molecule has 1 fully saturated rings. The van der Waals surface area contributed by atoms with E-state index in [9.17, 15) is 19.7 Å². The molecule has 2 atom stereocenters. The monoisotopic (exact) mass is 460 g/mol. The van der Waals surface area contributed by atoms with E-state index in [2.05, 4.69) is 0 Å². The summed E-state index contributed by atoms with van der Waals surface area (Å²) in [5.41, 5.74) is 1.22. The van der Waals surface area contributed by atoms with E-state index in [4.69, 9.17) is 14.2 Å². The summed E-state index contributed by atoms with van der Waals surface area (Å²) in [5.74, 6) is 0. The standard InChI is InChI=1S/C22H24N2O7S/c1-29-15-30-14-19-11-20(32-21(25)17-5-3-2-4-6-17)12-23(19)22(26)31-13-16-7-9-18(10-8-16)24(27)28/h2-10,19-20H,11-15H2,1H3/t19-,20-/m0/s1. The maximum absolute atomic E-state index is 12.8. The molecule has 1 heterocycles. The van der Waals surface area contributed by atoms with Gasteiger partial charge in [0.2, 0.25) is 5.12 Å². The number of benzene rings is 2. The molecule has 0 bridgehead atoms. The second-order valence-electron chi connectivity index (χ2n) is 7.19. The van der Waals surface area contributed by atoms with Crippen molar-refractivity contribution in [1.29, 1.82) is 0 Å². The number of hydrogen-bond donors (Lipinski definition) is 0. The molecule has 0 aliphatic carbocycles. The van der Waals surface area contributed by atoms with Crippen molar-refractivity contribution >= 4 is 28.7 Å². The smallest absolute Gasteiger partial charge is 0.410 e. The van der Waals surface area contributed by atoms with E-state index in [1.807, 2.05) is 18.2 Å². The van der Waals surface area contributed by atoms with Crippen molar-refractivity contribution in [1.82, 2.24) is 4.90 Å². The van der Waals surface area contributed by atoms with Gasteiger partial charge < -0.3 is 19.1 Å². The highest BCUT2D eigenvalue weighted by Crippen LogP contribution is 2.31. The first-order valence-electron chi connectivity index (χ1n) is 9.97. The van der Waals surface area contributed by atoms with Crippen LogP contribution in [0.25, 0.3) is 0 Å². The highest BCUT2D eigenvalue weighted by atomic mass is 32.2. The highest BCUT2D eigenvalue weighted by Gasteiger charge is 2.37. The Morgan fingerprint density at radius 3 is 2.53 bits per heavy atom. The Labute approximate surface area is 189 Å². The summed E-state index contributed by atoms with van der Waals surface area (Å²) in [7, 11) is 1.52. The van der Waals surface area contributed by atoms with Gasteiger partial charge in [0.1, 0.15) is 13.4 Å². The third kappa shape index (κ3) is 6.52. The SMILES string of the molecule is COCOC[C@@H]1C[C@H](SC(=O)c2ccccc2)CN1C(=O)OCc1ccc([N+](=O)[O-])cc1. The number of nitro benzene ring substituents is 1. The summed E-state index contributed by atoms with van der Waals surface area (Å²) in [6.45, 7) is 0.697. The second-order valence-corrected chi connectivity index (χ2v) is 8.46. The average Bonchev–Trinajstić information content (AvgIpc) is 3.21. The molecule has 1 amide bonds. The van der Waals surface area contributed by atoms with Crippen molar-refractivity contribution in [3.05, 3.63) is 75.8 Å². The van der Waals surface area contributed by atoms with Crippen molar-refractivity contribution in [2.24, 2.45) is 0 Å². The third-order valence-corrected chi connectivity index (χ3v) is 6.04. The van der Waals surface area contributed by atoms with Crippen LogP contribution < -0.4 is 0 Å². The molecule has 1 saturated heterocycles. The lowest BCUT2D eigenvalue weighted by molar-refractivity contribution is -0.384. The predicted octanol–water partition coefficient (Wildman–Crippen LogP) is 3.87. The lowest BCUT2D eigenvalue weighted by Crippen LogP contribution is -2.39. The van der Waals surface area contributed by atoms with Gasteiger partial charge in [0.25, 0.3) is 5.69 Å². The molecule has 0 radical (unpaired) electrons. The van der Waals surface area contributed by atoms with Crippen LogP contribution >= 0.6 is 11.8 Å². The molecule has 2 aromatic rings. The Balaban J connectivity index is 1.59. The quantitative estimate of drug-likeness (QED) is 0.240. The number of non-ortho nitro benzene ring substituents is 1. The zero-order valence-corrected chi connectivity index (χ0v) is 18.4. The molecule has 1 aliphatic rings. The molecule has 170 valence electrons. The Kier molecular flexibility index (Phi) is 8.60. The largest absolute Gasteiger partial charge is 0.445 e. The van der Waals surface area contributed by atoms with Crippen LogP contribution in [0.4, 0.5) is 10.5 Å². The van der Waals surface area contributed by atoms with E-state index >= 15 is 0 Å². The summed E-state index contributed by atoms with van der Waals surface area (Å²) in [5, 5.41) is 10.6. The first kappa shape index (κ1) is 23.7. The number of likely N-dealkylation sites (tertiary alicyclic amines) is 1. The number of nitrogens with zero attached hydrogens (tertiary/aromatic N) is 2. The number of ether oxygens (including phenoxy) is 3. The number of rotatable bonds is 9. The van der Waals surface area contributed by atoms with Crippen molar-refractivity contribution in [3.8, 4) is 0 Å². The topological polar surface area (TPSA) is 108 Å². The number of nitro groups is 1. The summed E-state index contributed by atoms with van der Waals surface area (Å²) in [6, 6.07) is 14.6. The normalized spacial score (nSPS) is 17.8. The number of carbonyl (C=O) groups excluding carboxylic acids is 2. The zero-order chi connectivity index (χ0) is 22.9. The summed E-state index contributed by atoms with van der Waals surface area (Å²) in [4.78, 5) is 37.2. The summed E-state index contributed by atoms with van der Waals surface area (Å²) in [6.07, 6.45) is 0.0594. The van der Waals surface area contributed by atoms with Crippen molar-refractivity contribution in [3.63, 3.8) is 0 Å². The number of methoxy groups -OCH3 is 1. The van der Waals surface area contributed by atoms with Crippen LogP contribution in [0.15, 0.2) is 54.6 Å². The van der Waals surface area contributed by atoms with Gasteiger partial charge in [-0.3, -0.25) is 14.9 Å². The van der Waals surface area contributed by atoms with Gasteiger partial charge in [0, 0.05) is 36.6 Å². The van der Waals surface area contributed by atoms with Crippen LogP contribution in [0.3, 0.4) is 0 Å². The van der Waals surface area contributed by atoms with E-state index in [-0.39, 0.29) is 42.1 Å². The minimum atomic E-state index is -0.523. The van der Waals surface area contributed by atoms with Crippen molar-refractivity contribution in [2.75, 3.05) is 27.1 Å². The first-order valence-corrected chi connectivity index (χ1v) is 10.9. The molecular weight excluding hydrogens is 436 g/mol. The number of hydrogen-bond acceptors (Lipinski definition) is 8. The fraction of sp³-hybridized carbons (Fsp3) is 0.364. The van der Waals surface area contributed by atoms with E-state index in [1.54, 1.807) is 29.2 Å². The van der Waals surface area contributed by atoms with Gasteiger partial charge >= 0.3 is 6.09 Å². The lowest BCUT2D eigenvalue weighted by atomic mass is 10.2. The number of carbonyl (C=O) groups is 2. The fourth-order valence-corrected chi connectivity index (χ4v) is 4.47. The lowest BCUT2D eigenvalue weighted by Gasteiger charge is -2.23. The van der Waals surface area contributed by atoms with Gasteiger partial charge in [-0.15, -0.1) is 0 Å². The van der Waals surface area contributed by atoms with Gasteiger partial charge in [0.15, 0.2) is 0 Å². The molecule has 0 saturated carbocycles. The molecule has 3 rings (SSSR count). The Morgan fingerprint density at radius 2 is 1.88 bits per heavy atom. The average molecular weight is 461 g/mol. The van der Waals surface area contributed by atoms with E-state index in [0.717, 1.165) is 0 Å². The van der Waals surface area contributed by atoms with Crippen LogP contribution in [-0.4, -0.2) is 59.4 Å². The summed E-state index contributed by atoms with van der Waals surface area (Å²) >= 11 is 1.20. The van der Waals surface area contributed by atoms with Gasteiger partial charge in [0.05, 0.1) is 17.6 Å². The Bertz CT molecular complexity index is 924. The predicted molar refractivity (Wildman–Crippen MR) is 118 cm³/mol. The molecule has 32 heavy (non-hydrogen) atoms. The highest BCUT2D eigenvalue weighted by molar-refractivity contribution is 8.14. The van der Waals surface area contributed by atoms with Crippen molar-refractivity contribution < 1.29 is 28.7 Å². The molecule has 9 nitrogen and oxygen atoms in total. The molecule has 0 unspecified atom stereocenters. The Hall–Kier alpha value is -2.95. The molecule has 2 aromatic carbocycles. The first-order chi connectivity index (χ1) is 15.5. The van der Waals surface area contributed by atoms with Crippen LogP contribution in [0, 0.1) is 10.1 Å². The van der Waals surface area contributed by atoms with E-state index in [0.29, 0.717) is 24.1 Å². The van der Waals surface area contributed by atoms with Gasteiger partial charge in [-0.1, -0.05) is 42.1 Å². The third-order valence-electron chi connectivity index (χ3n) is 4.91. The molecule has 1 aliphatic heterocycles. The van der Waals surface area contributed by atoms with E-state index < -0.39 is 11.0 Å². The fourth-order valence-electron chi connectivity index (χ4n) is 3.34. The van der Waals surface area contributed by atoms with Crippen LogP contribution in [0.1, 0.15) is 22.3 Å². The summed E-state index contributed by atoms with van der Waals surface area (Å²) < 4.78 is 15.8. The molecule has 10 heteroatoms. The van der Waals surface area contributed by atoms with E-state index in [1.165, 1.54) is 31.0 Å². The number of thioether (sulfide) groups is 1. The van der Waals surface area contributed by atoms with Crippen LogP contribution in [0.5, 0.6) is 0 Å². The zero-order valence-electron chi connectivity index (χ0n) is 17.5. The van der Waals surface area contributed by atoms with Gasteiger partial charge in [-0.25, -0.2) is 4.79 Å². The molecule has 0 N–H and O–H groups in total. The van der Waals surface area contributed by atoms with Crippen LogP contribution in [0.2, 0.25) is 0 Å². The minimum absolute atomic E-state index is 0.0142. The molecule has 0 aromatic heterocycles. The van der Waals surface area contributed by atoms with Crippen molar-refractivity contribution in [2.45, 2.75) is 24.3 Å². The van der Waals surface area contributed by atoms with Gasteiger partial charge in [-0.2, -0.15) is 0 Å². The molecule has 0 spiro atoms. The minimum Gasteiger partial charge on any atom is -0.445 e.